The van der Waals surface area contributed by atoms with E-state index in [-0.39, 0.29) is 5.82 Å². The number of amides is 1. The summed E-state index contributed by atoms with van der Waals surface area (Å²) in [5.74, 6) is -0.801. The first-order valence-corrected chi connectivity index (χ1v) is 5.49. The Bertz CT molecular complexity index is 605. The van der Waals surface area contributed by atoms with Crippen LogP contribution in [0, 0.1) is 5.82 Å². The van der Waals surface area contributed by atoms with Crippen LogP contribution < -0.4 is 5.73 Å². The van der Waals surface area contributed by atoms with Gasteiger partial charge in [0, 0.05) is 6.08 Å². The Hall–Kier alpha value is -2.42. The third kappa shape index (κ3) is 2.83. The molecule has 0 aliphatic rings. The van der Waals surface area contributed by atoms with Crippen LogP contribution >= 0.6 is 0 Å². The molecule has 0 bridgehead atoms. The van der Waals surface area contributed by atoms with Crippen molar-refractivity contribution in [2.45, 2.75) is 0 Å². The maximum atomic E-state index is 13.2. The van der Waals surface area contributed by atoms with Crippen LogP contribution in [-0.4, -0.2) is 5.91 Å². The molecule has 0 unspecified atom stereocenters. The van der Waals surface area contributed by atoms with Gasteiger partial charge in [-0.1, -0.05) is 36.4 Å². The van der Waals surface area contributed by atoms with E-state index in [1.54, 1.807) is 12.1 Å². The Morgan fingerprint density at radius 2 is 1.89 bits per heavy atom. The second-order valence-corrected chi connectivity index (χ2v) is 3.83. The van der Waals surface area contributed by atoms with Crippen LogP contribution in [0.25, 0.3) is 17.2 Å². The first-order valence-electron chi connectivity index (χ1n) is 5.49. The quantitative estimate of drug-likeness (QED) is 0.825. The number of carbonyl (C=O) groups is 1. The summed E-state index contributed by atoms with van der Waals surface area (Å²) < 4.78 is 13.2. The fraction of sp³-hybridized carbons (Fsp3) is 0. The van der Waals surface area contributed by atoms with E-state index in [0.717, 1.165) is 16.7 Å². The molecule has 2 rings (SSSR count). The SMILES string of the molecule is NC(=O)/C=C/c1ccccc1-c1cccc(F)c1. The molecule has 2 nitrogen and oxygen atoms in total. The molecular weight excluding hydrogens is 229 g/mol. The van der Waals surface area contributed by atoms with Crippen LogP contribution in [0.15, 0.2) is 54.6 Å². The second-order valence-electron chi connectivity index (χ2n) is 3.83. The molecule has 0 aromatic heterocycles. The monoisotopic (exact) mass is 241 g/mol. The lowest BCUT2D eigenvalue weighted by Gasteiger charge is -2.06. The standard InChI is InChI=1S/C15H12FNO/c16-13-6-3-5-12(10-13)14-7-2-1-4-11(14)8-9-15(17)18/h1-10H,(H2,17,18)/b9-8+. The number of benzene rings is 2. The van der Waals surface area contributed by atoms with Crippen LogP contribution in [0.5, 0.6) is 0 Å². The summed E-state index contributed by atoms with van der Waals surface area (Å²) in [6.07, 6.45) is 2.92. The predicted octanol–water partition coefficient (Wildman–Crippen LogP) is 2.99. The van der Waals surface area contributed by atoms with E-state index in [0.29, 0.717) is 0 Å². The zero-order chi connectivity index (χ0) is 13.0. The summed E-state index contributed by atoms with van der Waals surface area (Å²) >= 11 is 0. The summed E-state index contributed by atoms with van der Waals surface area (Å²) in [4.78, 5) is 10.7. The molecule has 3 heteroatoms. The number of carbonyl (C=O) groups excluding carboxylic acids is 1. The molecule has 18 heavy (non-hydrogen) atoms. The molecule has 90 valence electrons. The molecule has 0 aliphatic carbocycles. The number of nitrogens with two attached hydrogens (primary N) is 1. The van der Waals surface area contributed by atoms with E-state index in [4.69, 9.17) is 5.73 Å². The Labute approximate surface area is 105 Å². The molecule has 0 spiro atoms. The molecule has 2 aromatic carbocycles. The summed E-state index contributed by atoms with van der Waals surface area (Å²) in [5, 5.41) is 0. The highest BCUT2D eigenvalue weighted by Gasteiger charge is 2.03. The van der Waals surface area contributed by atoms with E-state index in [9.17, 15) is 9.18 Å². The van der Waals surface area contributed by atoms with Gasteiger partial charge in [0.2, 0.25) is 5.91 Å². The normalized spacial score (nSPS) is 10.7. The van der Waals surface area contributed by atoms with Gasteiger partial charge in [0.05, 0.1) is 0 Å². The average molecular weight is 241 g/mol. The van der Waals surface area contributed by atoms with Gasteiger partial charge in [-0.05, 0) is 34.9 Å². The van der Waals surface area contributed by atoms with Crippen LogP contribution in [-0.2, 0) is 4.79 Å². The smallest absolute Gasteiger partial charge is 0.241 e. The van der Waals surface area contributed by atoms with Gasteiger partial charge >= 0.3 is 0 Å². The summed E-state index contributed by atoms with van der Waals surface area (Å²) in [6, 6.07) is 13.8. The molecule has 0 aliphatic heterocycles. The van der Waals surface area contributed by atoms with E-state index in [1.807, 2.05) is 30.3 Å². The summed E-state index contributed by atoms with van der Waals surface area (Å²) in [5.41, 5.74) is 7.51. The maximum absolute atomic E-state index is 13.2. The number of halogens is 1. The van der Waals surface area contributed by atoms with Gasteiger partial charge in [-0.2, -0.15) is 0 Å². The zero-order valence-electron chi connectivity index (χ0n) is 9.64. The highest BCUT2D eigenvalue weighted by Crippen LogP contribution is 2.25. The molecule has 1 amide bonds. The van der Waals surface area contributed by atoms with Gasteiger partial charge in [-0.25, -0.2) is 4.39 Å². The van der Waals surface area contributed by atoms with Gasteiger partial charge < -0.3 is 5.73 Å². The predicted molar refractivity (Wildman–Crippen MR) is 70.1 cm³/mol. The van der Waals surface area contributed by atoms with E-state index in [2.05, 4.69) is 0 Å². The number of primary amides is 1. The molecule has 0 fully saturated rings. The molecular formula is C15H12FNO. The van der Waals surface area contributed by atoms with Gasteiger partial charge in [0.15, 0.2) is 0 Å². The van der Waals surface area contributed by atoms with Crippen LogP contribution in [0.4, 0.5) is 4.39 Å². The minimum absolute atomic E-state index is 0.291. The van der Waals surface area contributed by atoms with E-state index in [1.165, 1.54) is 18.2 Å². The minimum Gasteiger partial charge on any atom is -0.366 e. The Morgan fingerprint density at radius 3 is 2.61 bits per heavy atom. The summed E-state index contributed by atoms with van der Waals surface area (Å²) in [7, 11) is 0. The number of rotatable bonds is 3. The summed E-state index contributed by atoms with van der Waals surface area (Å²) in [6.45, 7) is 0. The van der Waals surface area contributed by atoms with Crippen molar-refractivity contribution >= 4 is 12.0 Å². The number of hydrogen-bond acceptors (Lipinski definition) is 1. The lowest BCUT2D eigenvalue weighted by Crippen LogP contribution is -2.05. The van der Waals surface area contributed by atoms with Crippen LogP contribution in [0.1, 0.15) is 5.56 Å². The second kappa shape index (κ2) is 5.27. The maximum Gasteiger partial charge on any atom is 0.241 e. The van der Waals surface area contributed by atoms with Crippen LogP contribution in [0.3, 0.4) is 0 Å². The van der Waals surface area contributed by atoms with Crippen LogP contribution in [0.2, 0.25) is 0 Å². The molecule has 0 heterocycles. The van der Waals surface area contributed by atoms with E-state index < -0.39 is 5.91 Å². The molecule has 0 atom stereocenters. The fourth-order valence-electron chi connectivity index (χ4n) is 1.73. The third-order valence-electron chi connectivity index (χ3n) is 2.52. The van der Waals surface area contributed by atoms with Gasteiger partial charge in [0.1, 0.15) is 5.82 Å². The lowest BCUT2D eigenvalue weighted by atomic mass is 9.99. The van der Waals surface area contributed by atoms with Gasteiger partial charge in [-0.15, -0.1) is 0 Å². The zero-order valence-corrected chi connectivity index (χ0v) is 9.64. The Balaban J connectivity index is 2.48. The van der Waals surface area contributed by atoms with Crippen molar-refractivity contribution in [3.05, 3.63) is 66.0 Å². The van der Waals surface area contributed by atoms with Crippen molar-refractivity contribution in [2.24, 2.45) is 5.73 Å². The van der Waals surface area contributed by atoms with Crippen molar-refractivity contribution in [1.29, 1.82) is 0 Å². The first kappa shape index (κ1) is 12.0. The highest BCUT2D eigenvalue weighted by molar-refractivity contribution is 5.91. The third-order valence-corrected chi connectivity index (χ3v) is 2.52. The molecule has 0 saturated carbocycles. The first-order chi connectivity index (χ1) is 8.66. The number of hydrogen-bond donors (Lipinski definition) is 1. The van der Waals surface area contributed by atoms with Crippen molar-refractivity contribution < 1.29 is 9.18 Å². The fourth-order valence-corrected chi connectivity index (χ4v) is 1.73. The van der Waals surface area contributed by atoms with Gasteiger partial charge in [-0.3, -0.25) is 4.79 Å². The Morgan fingerprint density at radius 1 is 1.11 bits per heavy atom. The molecule has 2 aromatic rings. The van der Waals surface area contributed by atoms with E-state index >= 15 is 0 Å². The largest absolute Gasteiger partial charge is 0.366 e. The average Bonchev–Trinajstić information content (AvgIpc) is 2.36. The molecule has 0 saturated heterocycles. The minimum atomic E-state index is -0.510. The van der Waals surface area contributed by atoms with Crippen molar-refractivity contribution in [1.82, 2.24) is 0 Å². The Kier molecular flexibility index (Phi) is 3.53. The molecule has 0 radical (unpaired) electrons. The highest BCUT2D eigenvalue weighted by atomic mass is 19.1. The van der Waals surface area contributed by atoms with Gasteiger partial charge in [0.25, 0.3) is 0 Å². The topological polar surface area (TPSA) is 43.1 Å². The van der Waals surface area contributed by atoms with Crippen molar-refractivity contribution in [3.8, 4) is 11.1 Å². The lowest BCUT2D eigenvalue weighted by molar-refractivity contribution is -0.113. The van der Waals surface area contributed by atoms with Crippen molar-refractivity contribution in [2.75, 3.05) is 0 Å². The molecule has 2 N–H and O–H groups in total. The van der Waals surface area contributed by atoms with Crippen molar-refractivity contribution in [3.63, 3.8) is 0 Å².